The molecule has 24 heavy (non-hydrogen) atoms. The van der Waals surface area contributed by atoms with E-state index in [-0.39, 0.29) is 5.56 Å². The summed E-state index contributed by atoms with van der Waals surface area (Å²) in [6.07, 6.45) is 3.15. The van der Waals surface area contributed by atoms with Gasteiger partial charge in [0.15, 0.2) is 17.1 Å². The number of nitrogens with zero attached hydrogens (tertiary/aromatic N) is 2. The number of para-hydroxylation sites is 1. The second-order valence-corrected chi connectivity index (χ2v) is 6.06. The monoisotopic (exact) mass is 321 g/mol. The first-order valence-electron chi connectivity index (χ1n) is 8.25. The van der Waals surface area contributed by atoms with Gasteiger partial charge in [-0.25, -0.2) is 4.98 Å². The van der Waals surface area contributed by atoms with E-state index in [0.717, 1.165) is 41.4 Å². The maximum atomic E-state index is 12.4. The van der Waals surface area contributed by atoms with E-state index in [2.05, 4.69) is 16.9 Å². The largest absolute Gasteiger partial charge is 0.458 e. The number of benzene rings is 1. The van der Waals surface area contributed by atoms with Gasteiger partial charge in [0.2, 0.25) is 0 Å². The number of aromatic nitrogens is 3. The van der Waals surface area contributed by atoms with Crippen molar-refractivity contribution in [3.05, 3.63) is 52.5 Å². The molecule has 0 aliphatic rings. The maximum Gasteiger partial charge on any atom is 0.276 e. The van der Waals surface area contributed by atoms with Gasteiger partial charge >= 0.3 is 0 Å². The molecule has 0 atom stereocenters. The summed E-state index contributed by atoms with van der Waals surface area (Å²) >= 11 is 0. The SMILES string of the molecule is CCCCc1ccc(-c2nc3c(=O)[nH]c4ccccc4c3n2C)o1. The van der Waals surface area contributed by atoms with Crippen LogP contribution in [-0.4, -0.2) is 14.5 Å². The van der Waals surface area contributed by atoms with Gasteiger partial charge in [-0.2, -0.15) is 0 Å². The first-order valence-corrected chi connectivity index (χ1v) is 8.25. The van der Waals surface area contributed by atoms with E-state index >= 15 is 0 Å². The molecule has 3 heterocycles. The van der Waals surface area contributed by atoms with Crippen molar-refractivity contribution < 1.29 is 4.42 Å². The molecule has 5 nitrogen and oxygen atoms in total. The van der Waals surface area contributed by atoms with Crippen molar-refractivity contribution in [2.75, 3.05) is 0 Å². The fourth-order valence-corrected chi connectivity index (χ4v) is 3.15. The van der Waals surface area contributed by atoms with Gasteiger partial charge in [-0.15, -0.1) is 0 Å². The average Bonchev–Trinajstić information content (AvgIpc) is 3.18. The molecule has 0 saturated heterocycles. The van der Waals surface area contributed by atoms with Gasteiger partial charge in [0, 0.05) is 18.9 Å². The van der Waals surface area contributed by atoms with Gasteiger partial charge in [-0.3, -0.25) is 4.79 Å². The normalized spacial score (nSPS) is 11.6. The van der Waals surface area contributed by atoms with Crippen LogP contribution in [-0.2, 0) is 13.5 Å². The van der Waals surface area contributed by atoms with Crippen molar-refractivity contribution in [3.8, 4) is 11.6 Å². The van der Waals surface area contributed by atoms with Gasteiger partial charge in [0.05, 0.1) is 11.0 Å². The zero-order valence-corrected chi connectivity index (χ0v) is 13.8. The zero-order valence-electron chi connectivity index (χ0n) is 13.8. The fourth-order valence-electron chi connectivity index (χ4n) is 3.15. The average molecular weight is 321 g/mol. The smallest absolute Gasteiger partial charge is 0.276 e. The summed E-state index contributed by atoms with van der Waals surface area (Å²) in [5, 5.41) is 0.978. The predicted octanol–water partition coefficient (Wildman–Crippen LogP) is 4.02. The highest BCUT2D eigenvalue weighted by molar-refractivity contribution is 6.03. The van der Waals surface area contributed by atoms with Crippen molar-refractivity contribution in [3.63, 3.8) is 0 Å². The topological polar surface area (TPSA) is 63.8 Å². The van der Waals surface area contributed by atoms with Crippen molar-refractivity contribution in [1.29, 1.82) is 0 Å². The summed E-state index contributed by atoms with van der Waals surface area (Å²) in [6.45, 7) is 2.16. The van der Waals surface area contributed by atoms with E-state index in [9.17, 15) is 4.79 Å². The molecule has 0 radical (unpaired) electrons. The first kappa shape index (κ1) is 14.8. The molecule has 0 fully saturated rings. The van der Waals surface area contributed by atoms with Crippen LogP contribution in [0.25, 0.3) is 33.5 Å². The van der Waals surface area contributed by atoms with Crippen LogP contribution in [0.5, 0.6) is 0 Å². The van der Waals surface area contributed by atoms with Gasteiger partial charge in [0.25, 0.3) is 5.56 Å². The Morgan fingerprint density at radius 2 is 2.04 bits per heavy atom. The summed E-state index contributed by atoms with van der Waals surface area (Å²) in [7, 11) is 1.92. The van der Waals surface area contributed by atoms with Crippen molar-refractivity contribution in [2.24, 2.45) is 7.05 Å². The first-order chi connectivity index (χ1) is 11.7. The molecule has 1 aromatic carbocycles. The molecule has 0 bridgehead atoms. The Bertz CT molecular complexity index is 1090. The number of furan rings is 1. The van der Waals surface area contributed by atoms with Crippen LogP contribution in [0.2, 0.25) is 0 Å². The third-order valence-electron chi connectivity index (χ3n) is 4.40. The van der Waals surface area contributed by atoms with Gasteiger partial charge in [-0.05, 0) is 24.6 Å². The standard InChI is InChI=1S/C19H19N3O2/c1-3-4-7-12-10-11-15(24-12)18-21-16-17(22(18)2)13-8-5-6-9-14(13)20-19(16)23/h5-6,8-11H,3-4,7H2,1-2H3,(H,20,23). The number of fused-ring (bicyclic) bond motifs is 3. The summed E-state index contributed by atoms with van der Waals surface area (Å²) in [4.78, 5) is 19.8. The highest BCUT2D eigenvalue weighted by atomic mass is 16.3. The van der Waals surface area contributed by atoms with E-state index < -0.39 is 0 Å². The van der Waals surface area contributed by atoms with E-state index in [1.807, 2.05) is 48.0 Å². The number of hydrogen-bond donors (Lipinski definition) is 1. The number of hydrogen-bond acceptors (Lipinski definition) is 3. The van der Waals surface area contributed by atoms with Crippen LogP contribution >= 0.6 is 0 Å². The molecule has 0 aliphatic heterocycles. The molecule has 0 spiro atoms. The van der Waals surface area contributed by atoms with Crippen LogP contribution < -0.4 is 5.56 Å². The maximum absolute atomic E-state index is 12.4. The lowest BCUT2D eigenvalue weighted by atomic mass is 10.2. The molecule has 0 saturated carbocycles. The summed E-state index contributed by atoms with van der Waals surface area (Å²) in [6, 6.07) is 11.7. The molecule has 0 unspecified atom stereocenters. The zero-order chi connectivity index (χ0) is 16.7. The van der Waals surface area contributed by atoms with Gasteiger partial charge in [0.1, 0.15) is 5.76 Å². The Morgan fingerprint density at radius 3 is 2.88 bits per heavy atom. The summed E-state index contributed by atoms with van der Waals surface area (Å²) in [5.74, 6) is 2.33. The molecular formula is C19H19N3O2. The van der Waals surface area contributed by atoms with Crippen LogP contribution in [0.1, 0.15) is 25.5 Å². The van der Waals surface area contributed by atoms with Crippen LogP contribution in [0, 0.1) is 0 Å². The Labute approximate surface area is 138 Å². The third-order valence-corrected chi connectivity index (χ3v) is 4.40. The Morgan fingerprint density at radius 1 is 1.21 bits per heavy atom. The van der Waals surface area contributed by atoms with Crippen molar-refractivity contribution >= 4 is 21.9 Å². The second-order valence-electron chi connectivity index (χ2n) is 6.06. The lowest BCUT2D eigenvalue weighted by Crippen LogP contribution is -2.06. The Hall–Kier alpha value is -2.82. The minimum atomic E-state index is -0.177. The van der Waals surface area contributed by atoms with E-state index in [1.165, 1.54) is 0 Å². The summed E-state index contributed by atoms with van der Waals surface area (Å²) < 4.78 is 7.88. The van der Waals surface area contributed by atoms with Gasteiger partial charge < -0.3 is 14.0 Å². The number of aryl methyl sites for hydroxylation is 2. The number of pyridine rings is 1. The quantitative estimate of drug-likeness (QED) is 0.617. The number of H-pyrrole nitrogens is 1. The fraction of sp³-hybridized carbons (Fsp3) is 0.263. The number of unbranched alkanes of at least 4 members (excludes halogenated alkanes) is 1. The van der Waals surface area contributed by atoms with Crippen LogP contribution in [0.15, 0.2) is 45.6 Å². The molecule has 4 rings (SSSR count). The Balaban J connectivity index is 1.93. The summed E-state index contributed by atoms with van der Waals surface area (Å²) in [5.41, 5.74) is 1.91. The highest BCUT2D eigenvalue weighted by Crippen LogP contribution is 2.28. The lowest BCUT2D eigenvalue weighted by Gasteiger charge is -2.03. The van der Waals surface area contributed by atoms with Crippen molar-refractivity contribution in [2.45, 2.75) is 26.2 Å². The second kappa shape index (κ2) is 5.67. The third kappa shape index (κ3) is 2.24. The minimum absolute atomic E-state index is 0.177. The highest BCUT2D eigenvalue weighted by Gasteiger charge is 2.17. The Kier molecular flexibility index (Phi) is 3.49. The molecule has 1 N–H and O–H groups in total. The number of rotatable bonds is 4. The van der Waals surface area contributed by atoms with E-state index in [1.54, 1.807) is 0 Å². The number of nitrogens with one attached hydrogen (secondary N) is 1. The number of imidazole rings is 1. The van der Waals surface area contributed by atoms with E-state index in [0.29, 0.717) is 17.1 Å². The van der Waals surface area contributed by atoms with Crippen LogP contribution in [0.3, 0.4) is 0 Å². The van der Waals surface area contributed by atoms with Crippen molar-refractivity contribution in [1.82, 2.24) is 14.5 Å². The molecule has 0 amide bonds. The molecule has 3 aromatic heterocycles. The predicted molar refractivity (Wildman–Crippen MR) is 95.2 cm³/mol. The minimum Gasteiger partial charge on any atom is -0.458 e. The van der Waals surface area contributed by atoms with E-state index in [4.69, 9.17) is 4.42 Å². The van der Waals surface area contributed by atoms with Crippen LogP contribution in [0.4, 0.5) is 0 Å². The number of aromatic amines is 1. The lowest BCUT2D eigenvalue weighted by molar-refractivity contribution is 0.508. The molecular weight excluding hydrogens is 302 g/mol. The molecule has 122 valence electrons. The van der Waals surface area contributed by atoms with Gasteiger partial charge in [-0.1, -0.05) is 31.5 Å². The molecule has 5 heteroatoms. The molecule has 4 aromatic rings. The molecule has 0 aliphatic carbocycles.